The molecule has 20 rings (SSSR count). The second kappa shape index (κ2) is 21.8. The highest BCUT2D eigenvalue weighted by atomic mass is 32.1. The van der Waals surface area contributed by atoms with E-state index < -0.39 is 0 Å². The van der Waals surface area contributed by atoms with Gasteiger partial charge in [0, 0.05) is 98.9 Å². The normalized spacial score (nSPS) is 11.7. The van der Waals surface area contributed by atoms with E-state index in [-0.39, 0.29) is 14.9 Å². The molecule has 0 saturated heterocycles. The van der Waals surface area contributed by atoms with Crippen LogP contribution in [0.2, 0.25) is 0 Å². The van der Waals surface area contributed by atoms with Crippen molar-refractivity contribution in [3.05, 3.63) is 274 Å². The Morgan fingerprint density at radius 2 is 0.652 bits per heavy atom. The van der Waals surface area contributed by atoms with Crippen molar-refractivity contribution < 1.29 is 8.83 Å². The summed E-state index contributed by atoms with van der Waals surface area (Å²) in [6.45, 7) is 0. The van der Waals surface area contributed by atoms with Gasteiger partial charge in [0.05, 0.1) is 11.0 Å². The molecule has 0 fully saturated rings. The Balaban J connectivity index is 0.000000138. The fourth-order valence-electron chi connectivity index (χ4n) is 13.7. The summed E-state index contributed by atoms with van der Waals surface area (Å²) in [5.41, 5.74) is 18.8. The van der Waals surface area contributed by atoms with Crippen molar-refractivity contribution >= 4 is 160 Å². The quantitative estimate of drug-likeness (QED) is 0.165. The van der Waals surface area contributed by atoms with Gasteiger partial charge in [-0.2, -0.15) is 0 Å². The maximum absolute atomic E-state index is 6.51. The van der Waals surface area contributed by atoms with Crippen molar-refractivity contribution in [2.45, 2.75) is 14.9 Å². The van der Waals surface area contributed by atoms with Crippen LogP contribution in [0.4, 0.5) is 0 Å². The first-order chi connectivity index (χ1) is 44.6. The predicted octanol–water partition coefficient (Wildman–Crippen LogP) is 24.6. The first-order valence-electron chi connectivity index (χ1n) is 29.9. The first-order valence-corrected chi connectivity index (χ1v) is 32.3. The van der Waals surface area contributed by atoms with Crippen LogP contribution in [0.15, 0.2) is 282 Å². The van der Waals surface area contributed by atoms with Crippen LogP contribution in [0.25, 0.3) is 188 Å². The van der Waals surface area contributed by atoms with Crippen molar-refractivity contribution in [1.29, 1.82) is 0 Å². The number of para-hydroxylation sites is 2. The smallest absolute Gasteiger partial charge is 0.180 e. The van der Waals surface area contributed by atoms with E-state index >= 15 is 0 Å². The molecule has 436 valence electrons. The molecular formula is C82H53N5O2S3. The van der Waals surface area contributed by atoms with Gasteiger partial charge in [0.1, 0.15) is 46.2 Å². The number of thiophene rings is 3. The lowest BCUT2D eigenvalue weighted by atomic mass is 9.99. The number of aromatic nitrogens is 5. The van der Waals surface area contributed by atoms with Crippen molar-refractivity contribution in [1.82, 2.24) is 24.5 Å². The van der Waals surface area contributed by atoms with Crippen LogP contribution in [0, 0.1) is 0 Å². The lowest BCUT2D eigenvalue weighted by Gasteiger charge is -2.08. The Morgan fingerprint density at radius 3 is 1.12 bits per heavy atom. The van der Waals surface area contributed by atoms with E-state index in [4.69, 9.17) is 28.8 Å². The summed E-state index contributed by atoms with van der Waals surface area (Å²) in [5.74, 6) is 0. The number of nitrogens with zero attached hydrogens (tertiary/aromatic N) is 5. The lowest BCUT2D eigenvalue weighted by Crippen LogP contribution is -1.93. The largest absolute Gasteiger partial charge is 0.452 e. The molecule has 0 N–H and O–H groups in total. The molecule has 0 bridgehead atoms. The van der Waals surface area contributed by atoms with Gasteiger partial charge in [0.15, 0.2) is 11.2 Å². The molecule has 12 aromatic carbocycles. The van der Waals surface area contributed by atoms with Gasteiger partial charge in [-0.25, -0.2) is 19.9 Å². The Labute approximate surface area is 540 Å². The van der Waals surface area contributed by atoms with Gasteiger partial charge >= 0.3 is 0 Å². The molecule has 0 atom stereocenters. The van der Waals surface area contributed by atoms with Gasteiger partial charge in [-0.3, -0.25) is 0 Å². The van der Waals surface area contributed by atoms with E-state index in [0.29, 0.717) is 11.2 Å². The second-order valence-corrected chi connectivity index (χ2v) is 25.9. The van der Waals surface area contributed by atoms with Crippen LogP contribution in [0.3, 0.4) is 0 Å². The molecule has 8 aromatic heterocycles. The molecule has 0 aliphatic rings. The van der Waals surface area contributed by atoms with Gasteiger partial charge in [0.25, 0.3) is 0 Å². The number of fused-ring (bicyclic) bond motifs is 18. The lowest BCUT2D eigenvalue weighted by molar-refractivity contribution is 0.666. The number of hydrogen-bond acceptors (Lipinski definition) is 9. The van der Waals surface area contributed by atoms with Crippen LogP contribution in [0.1, 0.15) is 14.9 Å². The molecule has 0 aliphatic heterocycles. The Bertz CT molecular complexity index is 6280. The predicted molar refractivity (Wildman–Crippen MR) is 392 cm³/mol. The molecular weight excluding hydrogens is 1180 g/mol. The van der Waals surface area contributed by atoms with Crippen LogP contribution in [-0.2, 0) is 0 Å². The average molecular weight is 1240 g/mol. The summed E-state index contributed by atoms with van der Waals surface area (Å²) in [6, 6.07) is 92.8. The van der Waals surface area contributed by atoms with E-state index in [0.717, 1.165) is 77.9 Å². The molecule has 0 unspecified atom stereocenters. The molecule has 0 saturated carbocycles. The minimum Gasteiger partial charge on any atom is -0.452 e. The molecule has 0 aliphatic carbocycles. The van der Waals surface area contributed by atoms with Crippen molar-refractivity contribution in [2.75, 3.05) is 0 Å². The molecule has 92 heavy (non-hydrogen) atoms. The third-order valence-electron chi connectivity index (χ3n) is 17.7. The molecule has 7 nitrogen and oxygen atoms in total. The summed E-state index contributed by atoms with van der Waals surface area (Å²) >= 11 is 5.54. The average Bonchev–Trinajstić information content (AvgIpc) is 1.62. The fourth-order valence-corrected chi connectivity index (χ4v) is 17.4. The highest BCUT2D eigenvalue weighted by molar-refractivity contribution is 7.27. The van der Waals surface area contributed by atoms with Crippen molar-refractivity contribution in [2.24, 2.45) is 0 Å². The van der Waals surface area contributed by atoms with E-state index in [2.05, 4.69) is 265 Å². The standard InChI is InChI=1S/C40H23N3OS.C40H22N2OS2.2CH4/c1-4-16-33-28(11-1)29-12-2-5-17-34(29)43(33)26-19-20-35-32(22-26)38-39(44-35)37(41-23-42-38)25-10-7-9-24(21-25)27-14-8-15-31-30-13-3-6-18-36(30)45-40(27)31;1-3-16-34-28(10-1)30-14-6-12-26(39(30)44-34)23-8-5-9-25(20-23)36-38-37(42-22-41-36)32-21-24(18-19-33(32)43-38)27-13-7-15-31-29-11-2-4-17-35(29)45-40(27)31;;/h1-23H;1-22H;2*1H4. The summed E-state index contributed by atoms with van der Waals surface area (Å²) < 4.78 is 23.1. The molecule has 0 radical (unpaired) electrons. The van der Waals surface area contributed by atoms with Gasteiger partial charge in [0.2, 0.25) is 0 Å². The van der Waals surface area contributed by atoms with E-state index in [9.17, 15) is 0 Å². The van der Waals surface area contributed by atoms with Crippen molar-refractivity contribution in [3.63, 3.8) is 0 Å². The Kier molecular flexibility index (Phi) is 13.0. The van der Waals surface area contributed by atoms with E-state index in [1.807, 2.05) is 34.0 Å². The van der Waals surface area contributed by atoms with Crippen molar-refractivity contribution in [3.8, 4) is 61.6 Å². The highest BCUT2D eigenvalue weighted by Gasteiger charge is 2.22. The molecule has 10 heteroatoms. The van der Waals surface area contributed by atoms with Gasteiger partial charge in [-0.1, -0.05) is 203 Å². The summed E-state index contributed by atoms with van der Waals surface area (Å²) in [5, 5.41) is 12.2. The molecule has 0 amide bonds. The first kappa shape index (κ1) is 55.0. The monoisotopic (exact) mass is 1240 g/mol. The van der Waals surface area contributed by atoms with E-state index in [1.54, 1.807) is 12.7 Å². The zero-order chi connectivity index (χ0) is 59.0. The third kappa shape index (κ3) is 8.59. The maximum atomic E-state index is 6.51. The van der Waals surface area contributed by atoms with E-state index in [1.165, 1.54) is 99.0 Å². The third-order valence-corrected chi connectivity index (χ3v) is 21.4. The maximum Gasteiger partial charge on any atom is 0.180 e. The Hall–Kier alpha value is -11.1. The minimum atomic E-state index is 0. The summed E-state index contributed by atoms with van der Waals surface area (Å²) in [6.07, 6.45) is 3.31. The minimum absolute atomic E-state index is 0. The number of furan rings is 2. The zero-order valence-corrected chi connectivity index (χ0v) is 50.2. The van der Waals surface area contributed by atoms with Gasteiger partial charge in [-0.05, 0) is 106 Å². The number of benzene rings is 12. The number of hydrogen-bond donors (Lipinski definition) is 0. The molecule has 0 spiro atoms. The number of rotatable bonds is 6. The zero-order valence-electron chi connectivity index (χ0n) is 47.8. The summed E-state index contributed by atoms with van der Waals surface area (Å²) in [4.78, 5) is 19.0. The highest BCUT2D eigenvalue weighted by Crippen LogP contribution is 2.46. The van der Waals surface area contributed by atoms with Crippen LogP contribution >= 0.6 is 34.0 Å². The van der Waals surface area contributed by atoms with Crippen LogP contribution in [-0.4, -0.2) is 24.5 Å². The topological polar surface area (TPSA) is 82.8 Å². The SMILES string of the molecule is C.C.c1cc(-c2ncnc3c2oc2ccc(-c4cccc5c4sc4ccccc45)cc23)cc(-c2cccc3c2sc2ccccc23)c1.c1cc(-c2ncnc3c2oc2ccc(-n4c5ccccc5c5ccccc54)cc23)cc(-c2cccc3c2sc2ccccc23)c1. The van der Waals surface area contributed by atoms with Crippen LogP contribution < -0.4 is 0 Å². The van der Waals surface area contributed by atoms with Crippen LogP contribution in [0.5, 0.6) is 0 Å². The Morgan fingerprint density at radius 1 is 0.283 bits per heavy atom. The summed E-state index contributed by atoms with van der Waals surface area (Å²) in [7, 11) is 0. The molecule has 20 aromatic rings. The molecule has 8 heterocycles. The fraction of sp³-hybridized carbons (Fsp3) is 0.0244. The van der Waals surface area contributed by atoms with Gasteiger partial charge < -0.3 is 13.4 Å². The second-order valence-electron chi connectivity index (χ2n) is 22.8. The van der Waals surface area contributed by atoms with Gasteiger partial charge in [-0.15, -0.1) is 34.0 Å².